The number of rotatable bonds is 5. The minimum Gasteiger partial charge on any atom is -0.493 e. The minimum absolute atomic E-state index is 0.0311. The molecule has 6 nitrogen and oxygen atoms in total. The SMILES string of the molecule is COc1cccc(-c2nc(C(=O)N3CCC[C@H]3c3ccc[nH]3)cs2)c1OC. The van der Waals surface area contributed by atoms with E-state index in [4.69, 9.17) is 9.47 Å². The predicted octanol–water partition coefficient (Wildman–Crippen LogP) is 4.13. The van der Waals surface area contributed by atoms with E-state index >= 15 is 0 Å². The van der Waals surface area contributed by atoms with Gasteiger partial charge in [-0.2, -0.15) is 0 Å². The van der Waals surface area contributed by atoms with E-state index in [0.717, 1.165) is 35.7 Å². The normalized spacial score (nSPS) is 16.5. The molecular weight excluding hydrogens is 362 g/mol. The zero-order chi connectivity index (χ0) is 18.8. The van der Waals surface area contributed by atoms with Crippen molar-refractivity contribution in [3.8, 4) is 22.1 Å². The lowest BCUT2D eigenvalue weighted by Gasteiger charge is -2.23. The van der Waals surface area contributed by atoms with Gasteiger partial charge in [0.1, 0.15) is 10.7 Å². The van der Waals surface area contributed by atoms with Crippen LogP contribution in [0.5, 0.6) is 11.5 Å². The van der Waals surface area contributed by atoms with Crippen molar-refractivity contribution < 1.29 is 14.3 Å². The number of methoxy groups -OCH3 is 2. The number of hydrogen-bond donors (Lipinski definition) is 1. The summed E-state index contributed by atoms with van der Waals surface area (Å²) in [6.07, 6.45) is 3.86. The Kier molecular flexibility index (Phi) is 4.85. The van der Waals surface area contributed by atoms with Crippen molar-refractivity contribution in [1.29, 1.82) is 0 Å². The molecule has 0 radical (unpaired) electrons. The van der Waals surface area contributed by atoms with Crippen LogP contribution in [-0.4, -0.2) is 41.5 Å². The molecule has 1 atom stereocenters. The number of nitrogens with zero attached hydrogens (tertiary/aromatic N) is 2. The van der Waals surface area contributed by atoms with Crippen molar-refractivity contribution in [2.24, 2.45) is 0 Å². The van der Waals surface area contributed by atoms with Gasteiger partial charge in [0.25, 0.3) is 5.91 Å². The molecule has 3 heterocycles. The average Bonchev–Trinajstić information content (AvgIpc) is 3.47. The Balaban J connectivity index is 1.62. The van der Waals surface area contributed by atoms with Gasteiger partial charge in [0.15, 0.2) is 11.5 Å². The van der Waals surface area contributed by atoms with Crippen molar-refractivity contribution in [1.82, 2.24) is 14.9 Å². The molecule has 1 aromatic carbocycles. The van der Waals surface area contributed by atoms with Crippen molar-refractivity contribution >= 4 is 17.2 Å². The number of hydrogen-bond acceptors (Lipinski definition) is 5. The van der Waals surface area contributed by atoms with Gasteiger partial charge in [-0.3, -0.25) is 4.79 Å². The van der Waals surface area contributed by atoms with Crippen LogP contribution in [0.2, 0.25) is 0 Å². The van der Waals surface area contributed by atoms with Crippen LogP contribution in [-0.2, 0) is 0 Å². The van der Waals surface area contributed by atoms with Crippen LogP contribution in [0.25, 0.3) is 10.6 Å². The van der Waals surface area contributed by atoms with E-state index in [0.29, 0.717) is 17.2 Å². The monoisotopic (exact) mass is 383 g/mol. The number of carbonyl (C=O) groups excluding carboxylic acids is 1. The number of amides is 1. The highest BCUT2D eigenvalue weighted by Gasteiger charge is 2.32. The Morgan fingerprint density at radius 1 is 1.26 bits per heavy atom. The number of aromatic amines is 1. The molecule has 0 aliphatic carbocycles. The van der Waals surface area contributed by atoms with Crippen molar-refractivity contribution in [3.05, 3.63) is 53.3 Å². The van der Waals surface area contributed by atoms with Crippen LogP contribution in [0.3, 0.4) is 0 Å². The van der Waals surface area contributed by atoms with Gasteiger partial charge in [-0.25, -0.2) is 4.98 Å². The molecule has 0 spiro atoms. The second-order valence-corrected chi connectivity index (χ2v) is 7.22. The number of H-pyrrole nitrogens is 1. The van der Waals surface area contributed by atoms with Crippen LogP contribution in [0.15, 0.2) is 41.9 Å². The highest BCUT2D eigenvalue weighted by molar-refractivity contribution is 7.13. The summed E-state index contributed by atoms with van der Waals surface area (Å²) in [4.78, 5) is 22.8. The maximum atomic E-state index is 13.1. The number of thiazole rings is 1. The number of aromatic nitrogens is 2. The Morgan fingerprint density at radius 2 is 2.15 bits per heavy atom. The van der Waals surface area contributed by atoms with E-state index < -0.39 is 0 Å². The molecule has 1 amide bonds. The summed E-state index contributed by atoms with van der Waals surface area (Å²) in [6, 6.07) is 9.74. The molecule has 0 saturated carbocycles. The third-order valence-corrected chi connectivity index (χ3v) is 5.73. The van der Waals surface area contributed by atoms with E-state index in [-0.39, 0.29) is 11.9 Å². The topological polar surface area (TPSA) is 67.5 Å². The van der Waals surface area contributed by atoms with Gasteiger partial charge in [0, 0.05) is 23.8 Å². The molecule has 2 aromatic heterocycles. The number of likely N-dealkylation sites (tertiary alicyclic amines) is 1. The molecule has 0 unspecified atom stereocenters. The van der Waals surface area contributed by atoms with Crippen LogP contribution in [0.1, 0.15) is 35.1 Å². The summed E-state index contributed by atoms with van der Waals surface area (Å²) >= 11 is 1.44. The van der Waals surface area contributed by atoms with Crippen molar-refractivity contribution in [3.63, 3.8) is 0 Å². The minimum atomic E-state index is -0.0311. The van der Waals surface area contributed by atoms with Gasteiger partial charge in [-0.1, -0.05) is 6.07 Å². The molecule has 7 heteroatoms. The third kappa shape index (κ3) is 3.19. The maximum absolute atomic E-state index is 13.1. The number of ether oxygens (including phenoxy) is 2. The fourth-order valence-electron chi connectivity index (χ4n) is 3.58. The van der Waals surface area contributed by atoms with Crippen LogP contribution in [0, 0.1) is 0 Å². The molecule has 1 aliphatic heterocycles. The molecule has 1 aliphatic rings. The summed E-state index contributed by atoms with van der Waals surface area (Å²) in [5.74, 6) is 1.24. The quantitative estimate of drug-likeness (QED) is 0.719. The zero-order valence-electron chi connectivity index (χ0n) is 15.3. The number of benzene rings is 1. The highest BCUT2D eigenvalue weighted by atomic mass is 32.1. The number of carbonyl (C=O) groups is 1. The lowest BCUT2D eigenvalue weighted by atomic mass is 10.1. The lowest BCUT2D eigenvalue weighted by Crippen LogP contribution is -2.30. The molecule has 27 heavy (non-hydrogen) atoms. The Hall–Kier alpha value is -2.80. The summed E-state index contributed by atoms with van der Waals surface area (Å²) < 4.78 is 10.9. The second-order valence-electron chi connectivity index (χ2n) is 6.36. The van der Waals surface area contributed by atoms with Gasteiger partial charge in [0.2, 0.25) is 0 Å². The predicted molar refractivity (Wildman–Crippen MR) is 104 cm³/mol. The van der Waals surface area contributed by atoms with Gasteiger partial charge < -0.3 is 19.4 Å². The van der Waals surface area contributed by atoms with E-state index in [1.54, 1.807) is 14.2 Å². The van der Waals surface area contributed by atoms with Gasteiger partial charge in [0.05, 0.1) is 25.8 Å². The van der Waals surface area contributed by atoms with Gasteiger partial charge >= 0.3 is 0 Å². The molecule has 1 saturated heterocycles. The molecule has 140 valence electrons. The van der Waals surface area contributed by atoms with E-state index in [2.05, 4.69) is 9.97 Å². The number of para-hydroxylation sites is 1. The summed E-state index contributed by atoms with van der Waals surface area (Å²) in [7, 11) is 3.21. The zero-order valence-corrected chi connectivity index (χ0v) is 16.1. The first-order valence-corrected chi connectivity index (χ1v) is 9.72. The van der Waals surface area contributed by atoms with E-state index in [9.17, 15) is 4.79 Å². The van der Waals surface area contributed by atoms with Gasteiger partial charge in [-0.15, -0.1) is 11.3 Å². The fourth-order valence-corrected chi connectivity index (χ4v) is 4.40. The smallest absolute Gasteiger partial charge is 0.273 e. The first kappa shape index (κ1) is 17.6. The summed E-state index contributed by atoms with van der Waals surface area (Å²) in [5, 5.41) is 2.56. The molecule has 0 bridgehead atoms. The molecular formula is C20H21N3O3S. The van der Waals surface area contributed by atoms with Crippen LogP contribution < -0.4 is 9.47 Å². The molecule has 4 rings (SSSR count). The summed E-state index contributed by atoms with van der Waals surface area (Å²) in [5.41, 5.74) is 2.37. The number of nitrogens with one attached hydrogen (secondary N) is 1. The Bertz CT molecular complexity index is 936. The third-order valence-electron chi connectivity index (χ3n) is 4.85. The van der Waals surface area contributed by atoms with Crippen LogP contribution >= 0.6 is 11.3 Å². The standard InChI is InChI=1S/C20H21N3O3S/c1-25-17-9-3-6-13(18(17)26-2)19-22-15(12-27-19)20(24)23-11-5-8-16(23)14-7-4-10-21-14/h3-4,6-7,9-10,12,16,21H,5,8,11H2,1-2H3/t16-/m0/s1. The van der Waals surface area contributed by atoms with Crippen molar-refractivity contribution in [2.45, 2.75) is 18.9 Å². The largest absolute Gasteiger partial charge is 0.493 e. The summed E-state index contributed by atoms with van der Waals surface area (Å²) in [6.45, 7) is 0.748. The first-order chi connectivity index (χ1) is 13.2. The maximum Gasteiger partial charge on any atom is 0.273 e. The fraction of sp³-hybridized carbons (Fsp3) is 0.300. The average molecular weight is 383 g/mol. The lowest BCUT2D eigenvalue weighted by molar-refractivity contribution is 0.0728. The Labute approximate surface area is 161 Å². The second kappa shape index (κ2) is 7.44. The van der Waals surface area contributed by atoms with E-state index in [1.807, 2.05) is 46.8 Å². The highest BCUT2D eigenvalue weighted by Crippen LogP contribution is 2.39. The van der Waals surface area contributed by atoms with Crippen molar-refractivity contribution in [2.75, 3.05) is 20.8 Å². The first-order valence-electron chi connectivity index (χ1n) is 8.84. The van der Waals surface area contributed by atoms with Crippen LogP contribution in [0.4, 0.5) is 0 Å². The Morgan fingerprint density at radius 3 is 2.89 bits per heavy atom. The van der Waals surface area contributed by atoms with Gasteiger partial charge in [-0.05, 0) is 37.1 Å². The molecule has 1 fully saturated rings. The molecule has 3 aromatic rings. The van der Waals surface area contributed by atoms with E-state index in [1.165, 1.54) is 11.3 Å². The molecule has 1 N–H and O–H groups in total.